The highest BCUT2D eigenvalue weighted by molar-refractivity contribution is 7.99. The van der Waals surface area contributed by atoms with E-state index in [1.165, 1.54) is 0 Å². The molecule has 1 unspecified atom stereocenters. The molecule has 33 heavy (non-hydrogen) atoms. The number of rotatable bonds is 8. The van der Waals surface area contributed by atoms with E-state index in [1.807, 2.05) is 37.3 Å². The molecule has 0 saturated carbocycles. The summed E-state index contributed by atoms with van der Waals surface area (Å²) in [4.78, 5) is 21.8. The molecule has 2 heterocycles. The second-order valence-corrected chi connectivity index (χ2v) is 8.82. The number of piperazine rings is 1. The Kier molecular flexibility index (Phi) is 7.69. The van der Waals surface area contributed by atoms with Gasteiger partial charge in [0.1, 0.15) is 0 Å². The molecule has 1 fully saturated rings. The van der Waals surface area contributed by atoms with Gasteiger partial charge in [0.2, 0.25) is 17.6 Å². The normalized spacial score (nSPS) is 16.1. The van der Waals surface area contributed by atoms with E-state index in [0.717, 1.165) is 31.7 Å². The molecule has 174 valence electrons. The first-order chi connectivity index (χ1) is 16.0. The molecule has 0 bridgehead atoms. The quantitative estimate of drug-likeness (QED) is 0.487. The van der Waals surface area contributed by atoms with Crippen molar-refractivity contribution in [2.75, 3.05) is 38.0 Å². The van der Waals surface area contributed by atoms with Gasteiger partial charge in [-0.15, -0.1) is 0 Å². The predicted octanol–water partition coefficient (Wildman–Crippen LogP) is 4.37. The molecule has 1 N–H and O–H groups in total. The molecule has 1 aliphatic rings. The van der Waals surface area contributed by atoms with Gasteiger partial charge in [0, 0.05) is 42.3 Å². The Morgan fingerprint density at radius 1 is 1.09 bits per heavy atom. The fourth-order valence-corrected chi connectivity index (χ4v) is 4.20. The molecule has 1 amide bonds. The third kappa shape index (κ3) is 6.37. The molecular weight excluding hydrogens is 448 g/mol. The van der Waals surface area contributed by atoms with E-state index in [4.69, 9.17) is 4.52 Å². The maximum absolute atomic E-state index is 12.4. The molecule has 4 rings (SSSR count). The van der Waals surface area contributed by atoms with Crippen molar-refractivity contribution in [2.45, 2.75) is 23.6 Å². The van der Waals surface area contributed by atoms with E-state index in [1.54, 1.807) is 24.3 Å². The Morgan fingerprint density at radius 2 is 1.79 bits per heavy atom. The molecule has 0 radical (unpaired) electrons. The first-order valence-corrected chi connectivity index (χ1v) is 11.6. The molecular formula is C23H25F2N5O2S. The molecule has 7 nitrogen and oxygen atoms in total. The number of amides is 1. The fourth-order valence-electron chi connectivity index (χ4n) is 3.70. The van der Waals surface area contributed by atoms with Crippen LogP contribution in [0.15, 0.2) is 64.0 Å². The van der Waals surface area contributed by atoms with Crippen LogP contribution in [0, 0.1) is 0 Å². The highest BCUT2D eigenvalue weighted by Gasteiger charge is 2.26. The van der Waals surface area contributed by atoms with Crippen LogP contribution in [0.25, 0.3) is 11.4 Å². The zero-order chi connectivity index (χ0) is 23.2. The summed E-state index contributed by atoms with van der Waals surface area (Å²) in [7, 11) is 0. The molecule has 10 heteroatoms. The number of nitrogens with zero attached hydrogens (tertiary/aromatic N) is 4. The van der Waals surface area contributed by atoms with E-state index < -0.39 is 5.76 Å². The van der Waals surface area contributed by atoms with Gasteiger partial charge >= 0.3 is 0 Å². The van der Waals surface area contributed by atoms with E-state index in [-0.39, 0.29) is 18.5 Å². The van der Waals surface area contributed by atoms with Gasteiger partial charge in [-0.3, -0.25) is 14.6 Å². The number of hydrogen-bond acceptors (Lipinski definition) is 7. The van der Waals surface area contributed by atoms with Gasteiger partial charge in [-0.1, -0.05) is 47.3 Å². The Balaban J connectivity index is 1.24. The highest BCUT2D eigenvalue weighted by Crippen LogP contribution is 2.26. The van der Waals surface area contributed by atoms with E-state index >= 15 is 0 Å². The zero-order valence-electron chi connectivity index (χ0n) is 18.2. The number of alkyl halides is 2. The van der Waals surface area contributed by atoms with Crippen LogP contribution in [0.4, 0.5) is 14.5 Å². The van der Waals surface area contributed by atoms with Crippen molar-refractivity contribution in [3.05, 3.63) is 60.5 Å². The Hall–Kier alpha value is -2.82. The summed E-state index contributed by atoms with van der Waals surface area (Å²) in [6.45, 7) is 5.34. The summed E-state index contributed by atoms with van der Waals surface area (Å²) < 4.78 is 30.3. The second kappa shape index (κ2) is 10.9. The largest absolute Gasteiger partial charge is 0.337 e. The number of halogens is 2. The van der Waals surface area contributed by atoms with E-state index in [2.05, 4.69) is 25.3 Å². The molecule has 0 aliphatic carbocycles. The third-order valence-corrected chi connectivity index (χ3v) is 6.24. The Morgan fingerprint density at radius 3 is 2.45 bits per heavy atom. The summed E-state index contributed by atoms with van der Waals surface area (Å²) in [5, 5.41) is 6.93. The second-order valence-electron chi connectivity index (χ2n) is 7.76. The van der Waals surface area contributed by atoms with Crippen molar-refractivity contribution >= 4 is 23.4 Å². The lowest BCUT2D eigenvalue weighted by molar-refractivity contribution is -0.117. The number of aromatic nitrogens is 2. The van der Waals surface area contributed by atoms with Crippen LogP contribution < -0.4 is 5.32 Å². The SMILES string of the molecule is CC(c1nc(-c2ccccc2)no1)N1CCN(CC(=O)Nc2ccc(SC(F)F)cc2)CC1. The molecule has 3 aromatic rings. The van der Waals surface area contributed by atoms with Crippen LogP contribution in [0.2, 0.25) is 0 Å². The maximum Gasteiger partial charge on any atom is 0.288 e. The average molecular weight is 474 g/mol. The number of benzene rings is 2. The summed E-state index contributed by atoms with van der Waals surface area (Å²) in [6, 6.07) is 16.1. The van der Waals surface area contributed by atoms with Crippen LogP contribution in [-0.2, 0) is 4.79 Å². The third-order valence-electron chi connectivity index (χ3n) is 5.52. The van der Waals surface area contributed by atoms with Crippen molar-refractivity contribution in [1.29, 1.82) is 0 Å². The highest BCUT2D eigenvalue weighted by atomic mass is 32.2. The lowest BCUT2D eigenvalue weighted by atomic mass is 10.2. The van der Waals surface area contributed by atoms with E-state index in [0.29, 0.717) is 34.1 Å². The minimum atomic E-state index is -2.46. The standard InChI is InChI=1S/C23H25F2N5O2S/c1-16(22-27-21(28-32-22)17-5-3-2-4-6-17)30-13-11-29(12-14-30)15-20(31)26-18-7-9-19(10-8-18)33-23(24)25/h2-10,16,23H,11-15H2,1H3,(H,26,31). The van der Waals surface area contributed by atoms with Gasteiger partial charge in [0.15, 0.2) is 0 Å². The van der Waals surface area contributed by atoms with Gasteiger partial charge in [0.05, 0.1) is 12.6 Å². The summed E-state index contributed by atoms with van der Waals surface area (Å²) in [5.41, 5.74) is 1.51. The van der Waals surface area contributed by atoms with Gasteiger partial charge in [0.25, 0.3) is 5.76 Å². The Bertz CT molecular complexity index is 1040. The van der Waals surface area contributed by atoms with Crippen molar-refractivity contribution in [3.8, 4) is 11.4 Å². The number of anilines is 1. The van der Waals surface area contributed by atoms with Crippen molar-refractivity contribution < 1.29 is 18.1 Å². The minimum Gasteiger partial charge on any atom is -0.337 e. The topological polar surface area (TPSA) is 74.5 Å². The van der Waals surface area contributed by atoms with Crippen molar-refractivity contribution in [3.63, 3.8) is 0 Å². The number of hydrogen-bond donors (Lipinski definition) is 1. The van der Waals surface area contributed by atoms with Crippen LogP contribution >= 0.6 is 11.8 Å². The van der Waals surface area contributed by atoms with Crippen molar-refractivity contribution in [2.24, 2.45) is 0 Å². The lowest BCUT2D eigenvalue weighted by Crippen LogP contribution is -2.49. The number of nitrogens with one attached hydrogen (secondary N) is 1. The van der Waals surface area contributed by atoms with Crippen LogP contribution in [-0.4, -0.2) is 64.3 Å². The smallest absolute Gasteiger partial charge is 0.288 e. The molecule has 1 saturated heterocycles. The number of thioether (sulfide) groups is 1. The molecule has 1 aliphatic heterocycles. The van der Waals surface area contributed by atoms with Crippen molar-refractivity contribution in [1.82, 2.24) is 19.9 Å². The van der Waals surface area contributed by atoms with Crippen LogP contribution in [0.3, 0.4) is 0 Å². The molecule has 2 aromatic carbocycles. The van der Waals surface area contributed by atoms with Gasteiger partial charge in [-0.25, -0.2) is 0 Å². The number of carbonyl (C=O) groups is 1. The first kappa shape index (κ1) is 23.3. The monoisotopic (exact) mass is 473 g/mol. The predicted molar refractivity (Wildman–Crippen MR) is 123 cm³/mol. The lowest BCUT2D eigenvalue weighted by Gasteiger charge is -2.36. The average Bonchev–Trinajstić information content (AvgIpc) is 3.31. The van der Waals surface area contributed by atoms with E-state index in [9.17, 15) is 13.6 Å². The van der Waals surface area contributed by atoms with Gasteiger partial charge in [-0.05, 0) is 31.2 Å². The fraction of sp³-hybridized carbons (Fsp3) is 0.348. The first-order valence-electron chi connectivity index (χ1n) is 10.7. The summed E-state index contributed by atoms with van der Waals surface area (Å²) in [5.74, 6) is -1.44. The Labute approximate surface area is 195 Å². The molecule has 0 spiro atoms. The molecule has 1 atom stereocenters. The van der Waals surface area contributed by atoms with Gasteiger partial charge in [-0.2, -0.15) is 13.8 Å². The van der Waals surface area contributed by atoms with Gasteiger partial charge < -0.3 is 9.84 Å². The molecule has 1 aromatic heterocycles. The summed E-state index contributed by atoms with van der Waals surface area (Å²) in [6.07, 6.45) is 0. The minimum absolute atomic E-state index is 0.0180. The van der Waals surface area contributed by atoms with Crippen LogP contribution in [0.1, 0.15) is 18.9 Å². The maximum atomic E-state index is 12.4. The summed E-state index contributed by atoms with van der Waals surface area (Å²) >= 11 is 0.481. The zero-order valence-corrected chi connectivity index (χ0v) is 19.0. The van der Waals surface area contributed by atoms with Crippen LogP contribution in [0.5, 0.6) is 0 Å². The number of carbonyl (C=O) groups excluding carboxylic acids is 1.